The zero-order valence-corrected chi connectivity index (χ0v) is 30.1. The van der Waals surface area contributed by atoms with Gasteiger partial charge in [0.15, 0.2) is 0 Å². The Balaban J connectivity index is 1.23. The van der Waals surface area contributed by atoms with E-state index in [0.717, 1.165) is 49.9 Å². The fourth-order valence-electron chi connectivity index (χ4n) is 8.27. The molecule has 0 bridgehead atoms. The first-order valence-electron chi connectivity index (χ1n) is 17.8. The van der Waals surface area contributed by atoms with Crippen molar-refractivity contribution in [3.05, 3.63) is 119 Å². The Labute approximate surface area is 300 Å². The first kappa shape index (κ1) is 34.2. The number of likely N-dealkylation sites (tertiary alicyclic amines) is 1. The number of halogens is 1. The van der Waals surface area contributed by atoms with Gasteiger partial charge in [0.2, 0.25) is 5.91 Å². The Kier molecular flexibility index (Phi) is 9.72. The van der Waals surface area contributed by atoms with E-state index in [1.54, 1.807) is 4.90 Å². The summed E-state index contributed by atoms with van der Waals surface area (Å²) in [6.07, 6.45) is 11.5. The van der Waals surface area contributed by atoms with E-state index in [-0.39, 0.29) is 17.4 Å². The molecule has 0 N–H and O–H groups in total. The number of hydrogen-bond acceptors (Lipinski definition) is 6. The van der Waals surface area contributed by atoms with Crippen molar-refractivity contribution in [2.45, 2.75) is 77.1 Å². The molecule has 2 saturated heterocycles. The van der Waals surface area contributed by atoms with Crippen molar-refractivity contribution < 1.29 is 14.3 Å². The molecule has 3 aliphatic rings. The van der Waals surface area contributed by atoms with Crippen LogP contribution in [0, 0.1) is 5.41 Å². The van der Waals surface area contributed by atoms with Crippen molar-refractivity contribution >= 4 is 23.6 Å². The molecule has 2 aromatic heterocycles. The lowest BCUT2D eigenvalue weighted by atomic mass is 9.74. The molecule has 262 valence electrons. The highest BCUT2D eigenvalue weighted by Gasteiger charge is 2.45. The molecule has 0 radical (unpaired) electrons. The summed E-state index contributed by atoms with van der Waals surface area (Å²) in [6.45, 7) is 8.90. The minimum Gasteiger partial charge on any atom is -0.444 e. The second kappa shape index (κ2) is 14.2. The molecule has 2 fully saturated rings. The highest BCUT2D eigenvalue weighted by atomic mass is 35.5. The molecule has 9 nitrogen and oxygen atoms in total. The second-order valence-corrected chi connectivity index (χ2v) is 15.7. The predicted molar refractivity (Wildman–Crippen MR) is 194 cm³/mol. The first-order valence-corrected chi connectivity index (χ1v) is 18.2. The van der Waals surface area contributed by atoms with Crippen LogP contribution < -0.4 is 0 Å². The number of benzene rings is 2. The third-order valence-corrected chi connectivity index (χ3v) is 10.6. The molecule has 1 unspecified atom stereocenters. The monoisotopic (exact) mass is 694 g/mol. The Hall–Kier alpha value is -4.21. The summed E-state index contributed by atoms with van der Waals surface area (Å²) < 4.78 is 8.05. The fourth-order valence-corrected chi connectivity index (χ4v) is 8.47. The van der Waals surface area contributed by atoms with E-state index in [9.17, 15) is 4.79 Å². The van der Waals surface area contributed by atoms with E-state index < -0.39 is 17.7 Å². The topological polar surface area (TPSA) is 83.8 Å². The van der Waals surface area contributed by atoms with Gasteiger partial charge in [-0.15, -0.1) is 0 Å². The van der Waals surface area contributed by atoms with Crippen LogP contribution in [0.2, 0.25) is 5.02 Å². The van der Waals surface area contributed by atoms with Crippen LogP contribution in [0.25, 0.3) is 0 Å². The molecular weight excluding hydrogens is 648 g/mol. The molecule has 4 heterocycles. The number of ether oxygens (including phenoxy) is 1. The molecule has 0 spiro atoms. The molecule has 2 aliphatic heterocycles. The average Bonchev–Trinajstić information content (AvgIpc) is 3.54. The van der Waals surface area contributed by atoms with Gasteiger partial charge in [0.25, 0.3) is 0 Å². The number of pyridine rings is 1. The highest BCUT2D eigenvalue weighted by molar-refractivity contribution is 6.30. The van der Waals surface area contributed by atoms with Crippen LogP contribution in [0.4, 0.5) is 4.79 Å². The molecule has 2 amide bonds. The van der Waals surface area contributed by atoms with Crippen LogP contribution in [0.5, 0.6) is 0 Å². The molecule has 1 aliphatic carbocycles. The van der Waals surface area contributed by atoms with Gasteiger partial charge >= 0.3 is 6.09 Å². The second-order valence-electron chi connectivity index (χ2n) is 15.2. The zero-order valence-electron chi connectivity index (χ0n) is 29.3. The van der Waals surface area contributed by atoms with E-state index in [4.69, 9.17) is 21.3 Å². The summed E-state index contributed by atoms with van der Waals surface area (Å²) in [5, 5.41) is 0.712. The van der Waals surface area contributed by atoms with Crippen LogP contribution >= 0.6 is 11.6 Å². The maximum absolute atomic E-state index is 15.0. The standard InChI is InChI=1S/C40H47ClN6O3/c1-39(2,3)50-38(49)47-22-21-45(36-33-15-14-32(41)23-31(33)13-12-30-11-7-17-43-35(30)36)25-34(47)37(48)46-19-8-16-40(27-46,26-44-20-18-42-28-44)24-29-9-5-4-6-10-29/h4-7,9-11,14-15,17-18,20,23,28,34,36H,8,12-13,16,19,21-22,24-27H2,1-3H3/t34-,36-,40?/m1/s1. The average molecular weight is 695 g/mol. The van der Waals surface area contributed by atoms with Gasteiger partial charge in [-0.3, -0.25) is 19.6 Å². The van der Waals surface area contributed by atoms with Crippen molar-refractivity contribution in [2.75, 3.05) is 32.7 Å². The van der Waals surface area contributed by atoms with Gasteiger partial charge in [-0.1, -0.05) is 54.1 Å². The number of amides is 2. The Bertz CT molecular complexity index is 1810. The van der Waals surface area contributed by atoms with Crippen molar-refractivity contribution in [1.82, 2.24) is 29.2 Å². The maximum atomic E-state index is 15.0. The molecule has 7 rings (SSSR count). The minimum atomic E-state index is -0.717. The van der Waals surface area contributed by atoms with Crippen molar-refractivity contribution in [3.63, 3.8) is 0 Å². The van der Waals surface area contributed by atoms with Crippen LogP contribution in [0.15, 0.2) is 85.6 Å². The molecule has 10 heteroatoms. The maximum Gasteiger partial charge on any atom is 0.411 e. The normalized spacial score (nSPS) is 22.7. The quantitative estimate of drug-likeness (QED) is 0.227. The summed E-state index contributed by atoms with van der Waals surface area (Å²) in [4.78, 5) is 44.1. The third kappa shape index (κ3) is 7.44. The van der Waals surface area contributed by atoms with E-state index in [0.29, 0.717) is 37.7 Å². The van der Waals surface area contributed by atoms with Crippen LogP contribution in [0.3, 0.4) is 0 Å². The number of aryl methyl sites for hydroxylation is 2. The van der Waals surface area contributed by atoms with Gasteiger partial charge < -0.3 is 14.2 Å². The van der Waals surface area contributed by atoms with Crippen molar-refractivity contribution in [3.8, 4) is 0 Å². The first-order chi connectivity index (χ1) is 24.1. The lowest BCUT2D eigenvalue weighted by Crippen LogP contribution is -2.63. The summed E-state index contributed by atoms with van der Waals surface area (Å²) in [5.41, 5.74) is 4.92. The third-order valence-electron chi connectivity index (χ3n) is 10.4. The number of aromatic nitrogens is 3. The minimum absolute atomic E-state index is 0.0328. The van der Waals surface area contributed by atoms with Gasteiger partial charge in [-0.2, -0.15) is 0 Å². The van der Waals surface area contributed by atoms with E-state index in [1.165, 1.54) is 16.7 Å². The summed E-state index contributed by atoms with van der Waals surface area (Å²) in [5.74, 6) is -0.0328. The number of piperazine rings is 1. The van der Waals surface area contributed by atoms with E-state index in [2.05, 4.69) is 56.9 Å². The molecule has 2 aromatic carbocycles. The summed E-state index contributed by atoms with van der Waals surface area (Å²) >= 11 is 6.51. The number of hydrogen-bond donors (Lipinski definition) is 0. The SMILES string of the molecule is CC(C)(C)OC(=O)N1CCN([C@@H]2c3ccc(Cl)cc3CCc3cccnc32)C[C@@H]1C(=O)N1CCCC(Cc2ccccc2)(Cn2ccnc2)C1. The van der Waals surface area contributed by atoms with Gasteiger partial charge in [0.05, 0.1) is 18.1 Å². The number of nitrogens with zero attached hydrogens (tertiary/aromatic N) is 6. The number of piperidine rings is 1. The molecule has 0 saturated carbocycles. The molecule has 4 aromatic rings. The number of carbonyl (C=O) groups is 2. The van der Waals surface area contributed by atoms with Crippen LogP contribution in [-0.2, 0) is 35.3 Å². The fraction of sp³-hybridized carbons (Fsp3) is 0.450. The van der Waals surface area contributed by atoms with E-state index in [1.807, 2.05) is 68.8 Å². The molecular formula is C40H47ClN6O3. The van der Waals surface area contributed by atoms with Crippen molar-refractivity contribution in [1.29, 1.82) is 0 Å². The largest absolute Gasteiger partial charge is 0.444 e. The zero-order chi connectivity index (χ0) is 34.9. The van der Waals surface area contributed by atoms with E-state index >= 15 is 4.79 Å². The number of fused-ring (bicyclic) bond motifs is 2. The smallest absolute Gasteiger partial charge is 0.411 e. The summed E-state index contributed by atoms with van der Waals surface area (Å²) in [7, 11) is 0. The lowest BCUT2D eigenvalue weighted by molar-refractivity contribution is -0.143. The lowest BCUT2D eigenvalue weighted by Gasteiger charge is -2.48. The number of rotatable bonds is 6. The number of carbonyl (C=O) groups excluding carboxylic acids is 2. The molecule has 50 heavy (non-hydrogen) atoms. The van der Waals surface area contributed by atoms with Crippen LogP contribution in [-0.4, -0.2) is 85.6 Å². The van der Waals surface area contributed by atoms with Crippen LogP contribution in [0.1, 0.15) is 67.6 Å². The van der Waals surface area contributed by atoms with Gasteiger partial charge in [0, 0.05) is 68.3 Å². The van der Waals surface area contributed by atoms with Crippen molar-refractivity contribution in [2.24, 2.45) is 5.41 Å². The summed E-state index contributed by atoms with van der Waals surface area (Å²) in [6, 6.07) is 19.9. The van der Waals surface area contributed by atoms with Gasteiger partial charge in [-0.05, 0) is 93.3 Å². The molecule has 3 atom stereocenters. The van der Waals surface area contributed by atoms with Gasteiger partial charge in [-0.25, -0.2) is 9.78 Å². The Morgan fingerprint density at radius 1 is 0.980 bits per heavy atom. The van der Waals surface area contributed by atoms with Gasteiger partial charge in [0.1, 0.15) is 11.6 Å². The number of imidazole rings is 1. The predicted octanol–water partition coefficient (Wildman–Crippen LogP) is 6.59. The highest BCUT2D eigenvalue weighted by Crippen LogP contribution is 2.40. The Morgan fingerprint density at radius 3 is 2.58 bits per heavy atom. The Morgan fingerprint density at radius 2 is 1.80 bits per heavy atom.